The van der Waals surface area contributed by atoms with Gasteiger partial charge in [-0.3, -0.25) is 0 Å². The van der Waals surface area contributed by atoms with Gasteiger partial charge in [0.2, 0.25) is 10.0 Å². The van der Waals surface area contributed by atoms with E-state index in [1.54, 1.807) is 0 Å². The van der Waals surface area contributed by atoms with Crippen LogP contribution in [0.2, 0.25) is 0 Å². The van der Waals surface area contributed by atoms with E-state index < -0.39 is 21.4 Å². The lowest BCUT2D eigenvalue weighted by Crippen LogP contribution is -2.37. The summed E-state index contributed by atoms with van der Waals surface area (Å²) in [4.78, 5) is 13.4. The monoisotopic (exact) mass is 312 g/mol. The van der Waals surface area contributed by atoms with Crippen molar-refractivity contribution < 1.29 is 17.9 Å². The normalized spacial score (nSPS) is 19.0. The zero-order valence-corrected chi connectivity index (χ0v) is 13.0. The molecule has 1 aliphatic rings. The van der Waals surface area contributed by atoms with Crippen LogP contribution in [0.1, 0.15) is 12.0 Å². The maximum Gasteiger partial charge on any atom is 0.410 e. The van der Waals surface area contributed by atoms with Crippen LogP contribution in [0.5, 0.6) is 0 Å². The molecule has 1 aliphatic heterocycles. The number of amides is 1. The molecule has 21 heavy (non-hydrogen) atoms. The molecule has 1 atom stereocenters. The average Bonchev–Trinajstić information content (AvgIpc) is 2.96. The van der Waals surface area contributed by atoms with Crippen molar-refractivity contribution in [1.82, 2.24) is 9.21 Å². The summed E-state index contributed by atoms with van der Waals surface area (Å²) in [5.41, 5.74) is 0.905. The first-order chi connectivity index (χ1) is 9.91. The van der Waals surface area contributed by atoms with Crippen molar-refractivity contribution in [3.8, 4) is 0 Å². The van der Waals surface area contributed by atoms with E-state index in [0.717, 1.165) is 5.56 Å². The standard InChI is InChI=1S/C14H20N2O4S/c1-15(2)21(18,19)13-8-9-16(10-13)14(17)20-11-12-6-4-3-5-7-12/h3-7,13H,8-11H2,1-2H3/t13-/m1/s1. The Kier molecular flexibility index (Phi) is 4.84. The second-order valence-electron chi connectivity index (χ2n) is 5.22. The molecule has 6 nitrogen and oxygen atoms in total. The van der Waals surface area contributed by atoms with Crippen molar-refractivity contribution >= 4 is 16.1 Å². The van der Waals surface area contributed by atoms with Gasteiger partial charge in [-0.2, -0.15) is 0 Å². The summed E-state index contributed by atoms with van der Waals surface area (Å²) in [6.45, 7) is 0.792. The minimum Gasteiger partial charge on any atom is -0.445 e. The number of carbonyl (C=O) groups excluding carboxylic acids is 1. The Labute approximate surface area is 125 Å². The van der Waals surface area contributed by atoms with Crippen LogP contribution < -0.4 is 0 Å². The highest BCUT2D eigenvalue weighted by Crippen LogP contribution is 2.19. The van der Waals surface area contributed by atoms with E-state index in [2.05, 4.69) is 0 Å². The maximum absolute atomic E-state index is 12.0. The number of benzene rings is 1. The minimum absolute atomic E-state index is 0.189. The van der Waals surface area contributed by atoms with E-state index in [9.17, 15) is 13.2 Å². The van der Waals surface area contributed by atoms with Gasteiger partial charge in [-0.25, -0.2) is 17.5 Å². The fourth-order valence-electron chi connectivity index (χ4n) is 2.25. The van der Waals surface area contributed by atoms with E-state index in [4.69, 9.17) is 4.74 Å². The molecule has 7 heteroatoms. The zero-order valence-electron chi connectivity index (χ0n) is 12.2. The minimum atomic E-state index is -3.33. The molecular formula is C14H20N2O4S. The first kappa shape index (κ1) is 15.8. The van der Waals surface area contributed by atoms with E-state index in [1.165, 1.54) is 23.3 Å². The molecule has 1 saturated heterocycles. The van der Waals surface area contributed by atoms with Crippen molar-refractivity contribution in [2.75, 3.05) is 27.2 Å². The predicted molar refractivity (Wildman–Crippen MR) is 79.2 cm³/mol. The topological polar surface area (TPSA) is 66.9 Å². The van der Waals surface area contributed by atoms with Gasteiger partial charge in [-0.05, 0) is 12.0 Å². The van der Waals surface area contributed by atoms with E-state index in [0.29, 0.717) is 13.0 Å². The molecule has 1 aromatic rings. The van der Waals surface area contributed by atoms with Gasteiger partial charge in [0, 0.05) is 27.2 Å². The van der Waals surface area contributed by atoms with Crippen molar-refractivity contribution in [3.63, 3.8) is 0 Å². The fraction of sp³-hybridized carbons (Fsp3) is 0.500. The van der Waals surface area contributed by atoms with Crippen LogP contribution in [0, 0.1) is 0 Å². The Balaban J connectivity index is 1.88. The average molecular weight is 312 g/mol. The Morgan fingerprint density at radius 1 is 1.33 bits per heavy atom. The lowest BCUT2D eigenvalue weighted by molar-refractivity contribution is 0.104. The molecule has 0 spiro atoms. The number of hydrogen-bond donors (Lipinski definition) is 0. The molecule has 0 saturated carbocycles. The fourth-order valence-corrected chi connectivity index (χ4v) is 3.61. The van der Waals surface area contributed by atoms with Crippen LogP contribution in [0.25, 0.3) is 0 Å². The zero-order chi connectivity index (χ0) is 15.5. The van der Waals surface area contributed by atoms with Gasteiger partial charge < -0.3 is 9.64 Å². The summed E-state index contributed by atoms with van der Waals surface area (Å²) in [5.74, 6) is 0. The molecule has 1 heterocycles. The van der Waals surface area contributed by atoms with Crippen LogP contribution in [0.15, 0.2) is 30.3 Å². The van der Waals surface area contributed by atoms with E-state index >= 15 is 0 Å². The summed E-state index contributed by atoms with van der Waals surface area (Å²) < 4.78 is 30.5. The van der Waals surface area contributed by atoms with Gasteiger partial charge in [0.1, 0.15) is 6.61 Å². The van der Waals surface area contributed by atoms with Crippen molar-refractivity contribution in [3.05, 3.63) is 35.9 Å². The third-order valence-corrected chi connectivity index (χ3v) is 5.78. The molecule has 1 fully saturated rings. The maximum atomic E-state index is 12.0. The number of hydrogen-bond acceptors (Lipinski definition) is 4. The van der Waals surface area contributed by atoms with Crippen LogP contribution in [0.4, 0.5) is 4.79 Å². The smallest absolute Gasteiger partial charge is 0.410 e. The molecule has 2 rings (SSSR count). The third kappa shape index (κ3) is 3.74. The van der Waals surface area contributed by atoms with Crippen molar-refractivity contribution in [1.29, 1.82) is 0 Å². The number of likely N-dealkylation sites (tertiary alicyclic amines) is 1. The first-order valence-corrected chi connectivity index (χ1v) is 8.28. The Morgan fingerprint density at radius 3 is 2.62 bits per heavy atom. The number of carbonyl (C=O) groups is 1. The molecule has 0 unspecified atom stereocenters. The molecule has 1 aromatic carbocycles. The number of nitrogens with zero attached hydrogens (tertiary/aromatic N) is 2. The third-order valence-electron chi connectivity index (χ3n) is 3.54. The largest absolute Gasteiger partial charge is 0.445 e. The molecule has 0 aromatic heterocycles. The SMILES string of the molecule is CN(C)S(=O)(=O)[C@@H]1CCN(C(=O)OCc2ccccc2)C1. The number of rotatable bonds is 4. The summed E-state index contributed by atoms with van der Waals surface area (Å²) in [7, 11) is -0.315. The Hall–Kier alpha value is -1.60. The summed E-state index contributed by atoms with van der Waals surface area (Å²) in [6.07, 6.45) is -0.0173. The highest BCUT2D eigenvalue weighted by Gasteiger charge is 2.36. The highest BCUT2D eigenvalue weighted by molar-refractivity contribution is 7.89. The highest BCUT2D eigenvalue weighted by atomic mass is 32.2. The summed E-state index contributed by atoms with van der Waals surface area (Å²) in [6, 6.07) is 9.38. The summed E-state index contributed by atoms with van der Waals surface area (Å²) >= 11 is 0. The molecule has 0 radical (unpaired) electrons. The van der Waals surface area contributed by atoms with E-state index in [-0.39, 0.29) is 13.2 Å². The van der Waals surface area contributed by atoms with E-state index in [1.807, 2.05) is 30.3 Å². The summed E-state index contributed by atoms with van der Waals surface area (Å²) in [5, 5.41) is -0.545. The van der Waals surface area contributed by atoms with Gasteiger partial charge in [-0.15, -0.1) is 0 Å². The molecule has 116 valence electrons. The lowest BCUT2D eigenvalue weighted by Gasteiger charge is -2.19. The van der Waals surface area contributed by atoms with Crippen LogP contribution >= 0.6 is 0 Å². The van der Waals surface area contributed by atoms with Gasteiger partial charge >= 0.3 is 6.09 Å². The lowest BCUT2D eigenvalue weighted by atomic mass is 10.2. The van der Waals surface area contributed by atoms with Gasteiger partial charge in [0.25, 0.3) is 0 Å². The second kappa shape index (κ2) is 6.44. The number of sulfonamides is 1. The Morgan fingerprint density at radius 2 is 2.00 bits per heavy atom. The van der Waals surface area contributed by atoms with Gasteiger partial charge in [0.15, 0.2) is 0 Å². The predicted octanol–water partition coefficient (Wildman–Crippen LogP) is 1.29. The molecular weight excluding hydrogens is 292 g/mol. The molecule has 0 aliphatic carbocycles. The van der Waals surface area contributed by atoms with Gasteiger partial charge in [-0.1, -0.05) is 30.3 Å². The van der Waals surface area contributed by atoms with Gasteiger partial charge in [0.05, 0.1) is 5.25 Å². The van der Waals surface area contributed by atoms with Crippen LogP contribution in [0.3, 0.4) is 0 Å². The quantitative estimate of drug-likeness (QED) is 0.840. The first-order valence-electron chi connectivity index (χ1n) is 6.78. The van der Waals surface area contributed by atoms with Crippen molar-refractivity contribution in [2.24, 2.45) is 0 Å². The number of ether oxygens (including phenoxy) is 1. The Bertz CT molecular complexity index is 586. The second-order valence-corrected chi connectivity index (χ2v) is 7.65. The molecule has 0 bridgehead atoms. The van der Waals surface area contributed by atoms with Crippen LogP contribution in [-0.4, -0.2) is 56.2 Å². The van der Waals surface area contributed by atoms with Crippen LogP contribution in [-0.2, 0) is 21.4 Å². The molecule has 0 N–H and O–H groups in total. The molecule has 1 amide bonds. The van der Waals surface area contributed by atoms with Crippen molar-refractivity contribution in [2.45, 2.75) is 18.3 Å².